The SMILES string of the molecule is CCO[14C](=O)[C@@H](NC(=O)C(F)(F)F)C(C)C. The van der Waals surface area contributed by atoms with E-state index in [4.69, 9.17) is 0 Å². The molecule has 0 radical (unpaired) electrons. The van der Waals surface area contributed by atoms with E-state index in [9.17, 15) is 22.8 Å². The Labute approximate surface area is 91.1 Å². The first-order valence-electron chi connectivity index (χ1n) is 4.74. The molecule has 1 amide bonds. The van der Waals surface area contributed by atoms with Gasteiger partial charge in [0.25, 0.3) is 0 Å². The van der Waals surface area contributed by atoms with Crippen molar-refractivity contribution in [2.45, 2.75) is 33.0 Å². The van der Waals surface area contributed by atoms with E-state index in [0.717, 1.165) is 0 Å². The molecule has 1 N–H and O–H groups in total. The average molecular weight is 243 g/mol. The van der Waals surface area contributed by atoms with Gasteiger partial charge < -0.3 is 10.1 Å². The van der Waals surface area contributed by atoms with Gasteiger partial charge in [-0.1, -0.05) is 13.8 Å². The van der Waals surface area contributed by atoms with E-state index in [0.29, 0.717) is 0 Å². The Balaban J connectivity index is 4.59. The van der Waals surface area contributed by atoms with Gasteiger partial charge in [0.05, 0.1) is 6.61 Å². The monoisotopic (exact) mass is 243 g/mol. The van der Waals surface area contributed by atoms with E-state index < -0.39 is 30.0 Å². The molecule has 94 valence electrons. The maximum absolute atomic E-state index is 12.0. The Morgan fingerprint density at radius 2 is 1.94 bits per heavy atom. The summed E-state index contributed by atoms with van der Waals surface area (Å²) < 4.78 is 40.4. The summed E-state index contributed by atoms with van der Waals surface area (Å²) in [5.41, 5.74) is 0. The number of hydrogen-bond acceptors (Lipinski definition) is 3. The third-order valence-electron chi connectivity index (χ3n) is 1.75. The zero-order valence-electron chi connectivity index (χ0n) is 9.22. The van der Waals surface area contributed by atoms with Crippen molar-refractivity contribution in [3.05, 3.63) is 0 Å². The molecule has 0 rings (SSSR count). The van der Waals surface area contributed by atoms with Crippen molar-refractivity contribution >= 4 is 11.9 Å². The number of carbonyl (C=O) groups excluding carboxylic acids is 2. The third kappa shape index (κ3) is 4.50. The summed E-state index contributed by atoms with van der Waals surface area (Å²) in [5, 5.41) is 1.60. The smallest absolute Gasteiger partial charge is 0.464 e. The summed E-state index contributed by atoms with van der Waals surface area (Å²) in [6, 6.07) is -1.28. The third-order valence-corrected chi connectivity index (χ3v) is 1.75. The molecule has 0 aromatic rings. The van der Waals surface area contributed by atoms with E-state index in [1.165, 1.54) is 20.8 Å². The fourth-order valence-corrected chi connectivity index (χ4v) is 0.953. The van der Waals surface area contributed by atoms with E-state index >= 15 is 0 Å². The first-order valence-corrected chi connectivity index (χ1v) is 4.74. The van der Waals surface area contributed by atoms with Crippen LogP contribution in [-0.4, -0.2) is 30.7 Å². The number of hydrogen-bond donors (Lipinski definition) is 1. The summed E-state index contributed by atoms with van der Waals surface area (Å²) in [7, 11) is 0. The van der Waals surface area contributed by atoms with Crippen LogP contribution < -0.4 is 5.32 Å². The van der Waals surface area contributed by atoms with Crippen LogP contribution in [0, 0.1) is 5.92 Å². The molecule has 0 aromatic carbocycles. The van der Waals surface area contributed by atoms with Crippen LogP contribution in [0.15, 0.2) is 0 Å². The summed E-state index contributed by atoms with van der Waals surface area (Å²) in [6.07, 6.45) is -5.00. The molecule has 0 spiro atoms. The fourth-order valence-electron chi connectivity index (χ4n) is 0.953. The average Bonchev–Trinajstić information content (AvgIpc) is 2.11. The van der Waals surface area contributed by atoms with Gasteiger partial charge in [-0.2, -0.15) is 13.2 Å². The number of amides is 1. The van der Waals surface area contributed by atoms with Crippen LogP contribution in [0.25, 0.3) is 0 Å². The van der Waals surface area contributed by atoms with Gasteiger partial charge in [-0.25, -0.2) is 4.79 Å². The standard InChI is InChI=1S/C9H14F3NO3/c1-4-16-7(14)6(5(2)3)13-8(15)9(10,11)12/h5-6H,4H2,1-3H3,(H,13,15)/t6-/m0/s1/i7+2. The molecule has 0 heterocycles. The molecule has 1 atom stereocenters. The van der Waals surface area contributed by atoms with Crippen LogP contribution in [0.5, 0.6) is 0 Å². The molecule has 0 aliphatic heterocycles. The molecular formula is C9H14F3NO3. The van der Waals surface area contributed by atoms with Gasteiger partial charge in [0, 0.05) is 0 Å². The maximum Gasteiger partial charge on any atom is 0.471 e. The van der Waals surface area contributed by atoms with E-state index in [2.05, 4.69) is 4.74 Å². The number of rotatable bonds is 4. The minimum Gasteiger partial charge on any atom is -0.464 e. The van der Waals surface area contributed by atoms with Crippen molar-refractivity contribution < 1.29 is 27.5 Å². The lowest BCUT2D eigenvalue weighted by molar-refractivity contribution is -0.176. The predicted octanol–water partition coefficient (Wildman–Crippen LogP) is 1.25. The minimum absolute atomic E-state index is 0.0456. The minimum atomic E-state index is -5.00. The zero-order valence-corrected chi connectivity index (χ0v) is 9.22. The highest BCUT2D eigenvalue weighted by Crippen LogP contribution is 2.16. The van der Waals surface area contributed by atoms with Crippen molar-refractivity contribution in [2.24, 2.45) is 5.92 Å². The molecule has 7 heteroatoms. The van der Waals surface area contributed by atoms with Gasteiger partial charge >= 0.3 is 18.1 Å². The number of ether oxygens (including phenoxy) is 1. The number of halogens is 3. The number of alkyl halides is 3. The number of carbonyl (C=O) groups is 2. The second-order valence-corrected chi connectivity index (χ2v) is 3.44. The van der Waals surface area contributed by atoms with Crippen LogP contribution in [0.3, 0.4) is 0 Å². The first-order chi connectivity index (χ1) is 7.20. The Bertz CT molecular complexity index is 263. The molecule has 16 heavy (non-hydrogen) atoms. The van der Waals surface area contributed by atoms with Gasteiger partial charge in [-0.3, -0.25) is 4.79 Å². The van der Waals surface area contributed by atoms with Crippen molar-refractivity contribution in [3.8, 4) is 0 Å². The summed E-state index contributed by atoms with van der Waals surface area (Å²) in [5.74, 6) is -3.49. The van der Waals surface area contributed by atoms with E-state index in [1.54, 1.807) is 5.32 Å². The predicted molar refractivity (Wildman–Crippen MR) is 49.5 cm³/mol. The fraction of sp³-hybridized carbons (Fsp3) is 0.778. The molecule has 4 nitrogen and oxygen atoms in total. The Morgan fingerprint density at radius 1 is 1.44 bits per heavy atom. The van der Waals surface area contributed by atoms with Gasteiger partial charge in [-0.05, 0) is 12.8 Å². The Morgan fingerprint density at radius 3 is 2.25 bits per heavy atom. The topological polar surface area (TPSA) is 55.4 Å². The van der Waals surface area contributed by atoms with E-state index in [1.807, 2.05) is 0 Å². The van der Waals surface area contributed by atoms with Crippen LogP contribution in [0.2, 0.25) is 0 Å². The van der Waals surface area contributed by atoms with Crippen molar-refractivity contribution in [3.63, 3.8) is 0 Å². The second kappa shape index (κ2) is 5.72. The highest BCUT2D eigenvalue weighted by atomic mass is 19.4. The normalized spacial score (nSPS) is 13.4. The van der Waals surface area contributed by atoms with Gasteiger partial charge in [0.2, 0.25) is 0 Å². The Kier molecular flexibility index (Phi) is 5.26. The molecule has 0 saturated heterocycles. The molecular weight excluding hydrogens is 229 g/mol. The number of esters is 1. The van der Waals surface area contributed by atoms with Gasteiger partial charge in [0.15, 0.2) is 0 Å². The quantitative estimate of drug-likeness (QED) is 0.756. The molecule has 0 unspecified atom stereocenters. The first kappa shape index (κ1) is 14.7. The summed E-state index contributed by atoms with van der Waals surface area (Å²) in [6.45, 7) is 4.60. The van der Waals surface area contributed by atoms with Gasteiger partial charge in [-0.15, -0.1) is 0 Å². The zero-order chi connectivity index (χ0) is 12.9. The molecule has 0 bridgehead atoms. The van der Waals surface area contributed by atoms with Crippen molar-refractivity contribution in [1.29, 1.82) is 0 Å². The van der Waals surface area contributed by atoms with E-state index in [-0.39, 0.29) is 6.61 Å². The Hall–Kier alpha value is -1.27. The molecule has 0 fully saturated rings. The van der Waals surface area contributed by atoms with Gasteiger partial charge in [0.1, 0.15) is 6.04 Å². The lowest BCUT2D eigenvalue weighted by Gasteiger charge is -2.20. The molecule has 0 saturated carbocycles. The highest BCUT2D eigenvalue weighted by Gasteiger charge is 2.41. The van der Waals surface area contributed by atoms with Crippen LogP contribution in [0.4, 0.5) is 13.2 Å². The van der Waals surface area contributed by atoms with Crippen LogP contribution in [-0.2, 0) is 14.3 Å². The largest absolute Gasteiger partial charge is 0.471 e. The lowest BCUT2D eigenvalue weighted by atomic mass is 10.1. The second-order valence-electron chi connectivity index (χ2n) is 3.44. The molecule has 0 aromatic heterocycles. The summed E-state index contributed by atoms with van der Waals surface area (Å²) in [4.78, 5) is 21.9. The lowest BCUT2D eigenvalue weighted by Crippen LogP contribution is -2.49. The van der Waals surface area contributed by atoms with Crippen molar-refractivity contribution in [1.82, 2.24) is 5.32 Å². The van der Waals surface area contributed by atoms with Crippen molar-refractivity contribution in [2.75, 3.05) is 6.61 Å². The summed E-state index contributed by atoms with van der Waals surface area (Å²) >= 11 is 0. The highest BCUT2D eigenvalue weighted by molar-refractivity contribution is 5.87. The number of nitrogens with one attached hydrogen (secondary N) is 1. The molecule has 0 aliphatic rings. The molecule has 0 aliphatic carbocycles. The maximum atomic E-state index is 12.0. The van der Waals surface area contributed by atoms with Crippen LogP contribution >= 0.6 is 0 Å². The van der Waals surface area contributed by atoms with Crippen LogP contribution in [0.1, 0.15) is 20.8 Å².